The average molecular weight is 349 g/mol. The third-order valence-electron chi connectivity index (χ3n) is 4.17. The molecule has 8 heteroatoms. The van der Waals surface area contributed by atoms with Gasteiger partial charge < -0.3 is 14.5 Å². The van der Waals surface area contributed by atoms with Crippen molar-refractivity contribution in [3.05, 3.63) is 35.5 Å². The third-order valence-corrected chi connectivity index (χ3v) is 4.17. The summed E-state index contributed by atoms with van der Waals surface area (Å²) in [7, 11) is 1.44. The molecule has 0 fully saturated rings. The van der Waals surface area contributed by atoms with Gasteiger partial charge in [-0.25, -0.2) is 9.18 Å². The van der Waals surface area contributed by atoms with Gasteiger partial charge in [0, 0.05) is 25.5 Å². The van der Waals surface area contributed by atoms with Crippen LogP contribution in [0.3, 0.4) is 0 Å². The van der Waals surface area contributed by atoms with E-state index in [-0.39, 0.29) is 30.5 Å². The first-order valence-electron chi connectivity index (χ1n) is 7.72. The van der Waals surface area contributed by atoms with Gasteiger partial charge in [0.05, 0.1) is 0 Å². The molecule has 0 radical (unpaired) electrons. The fourth-order valence-corrected chi connectivity index (χ4v) is 2.09. The van der Waals surface area contributed by atoms with Crippen LogP contribution in [0.5, 0.6) is 0 Å². The lowest BCUT2D eigenvalue weighted by atomic mass is 10.0. The van der Waals surface area contributed by atoms with Gasteiger partial charge in [-0.1, -0.05) is 5.16 Å². The quantitative estimate of drug-likeness (QED) is 0.860. The van der Waals surface area contributed by atoms with Crippen LogP contribution in [0.25, 0.3) is 11.4 Å². The van der Waals surface area contributed by atoms with Gasteiger partial charge in [0.25, 0.3) is 0 Å². The smallest absolute Gasteiger partial charge is 0.329 e. The van der Waals surface area contributed by atoms with Crippen molar-refractivity contribution >= 4 is 11.9 Å². The molecular weight excluding hydrogens is 329 g/mol. The number of benzene rings is 1. The topological polar surface area (TPSA) is 96.5 Å². The SMILES string of the molecule is Cc1cc(-c2noc(CCC(=O)N(C)C(C)(C)C(=O)O)n2)ccc1F. The predicted molar refractivity (Wildman–Crippen MR) is 87.2 cm³/mol. The highest BCUT2D eigenvalue weighted by atomic mass is 19.1. The molecule has 1 aromatic heterocycles. The average Bonchev–Trinajstić information content (AvgIpc) is 3.03. The van der Waals surface area contributed by atoms with E-state index in [9.17, 15) is 14.0 Å². The van der Waals surface area contributed by atoms with Crippen molar-refractivity contribution in [1.82, 2.24) is 15.0 Å². The molecule has 7 nitrogen and oxygen atoms in total. The molecule has 2 aromatic rings. The van der Waals surface area contributed by atoms with Crippen molar-refractivity contribution in [2.45, 2.75) is 39.2 Å². The number of likely N-dealkylation sites (N-methyl/N-ethyl adjacent to an activating group) is 1. The van der Waals surface area contributed by atoms with Crippen LogP contribution in [0.4, 0.5) is 4.39 Å². The van der Waals surface area contributed by atoms with Crippen LogP contribution in [-0.4, -0.2) is 44.6 Å². The number of aryl methyl sites for hydroxylation is 2. The highest BCUT2D eigenvalue weighted by molar-refractivity contribution is 5.86. The highest BCUT2D eigenvalue weighted by Crippen LogP contribution is 2.20. The van der Waals surface area contributed by atoms with Gasteiger partial charge in [0.15, 0.2) is 0 Å². The molecule has 0 aliphatic rings. The van der Waals surface area contributed by atoms with E-state index in [1.54, 1.807) is 19.1 Å². The largest absolute Gasteiger partial charge is 0.480 e. The highest BCUT2D eigenvalue weighted by Gasteiger charge is 2.34. The first-order chi connectivity index (χ1) is 11.6. The molecule has 0 saturated heterocycles. The second-order valence-electron chi connectivity index (χ2n) is 6.29. The number of hydrogen-bond donors (Lipinski definition) is 1. The third kappa shape index (κ3) is 4.01. The Morgan fingerprint density at radius 2 is 2.04 bits per heavy atom. The zero-order chi connectivity index (χ0) is 18.8. The summed E-state index contributed by atoms with van der Waals surface area (Å²) in [5, 5.41) is 13.0. The van der Waals surface area contributed by atoms with E-state index in [2.05, 4.69) is 10.1 Å². The summed E-state index contributed by atoms with van der Waals surface area (Å²) in [5.74, 6) is -1.18. The standard InChI is InChI=1S/C17H20FN3O4/c1-10-9-11(5-6-12(10)18)15-19-13(25-20-15)7-8-14(22)21(4)17(2,3)16(23)24/h5-6,9H,7-8H2,1-4H3,(H,23,24). The maximum absolute atomic E-state index is 13.3. The molecule has 0 spiro atoms. The zero-order valence-corrected chi connectivity index (χ0v) is 14.5. The van der Waals surface area contributed by atoms with Crippen LogP contribution in [0.1, 0.15) is 31.7 Å². The molecule has 1 amide bonds. The van der Waals surface area contributed by atoms with E-state index in [4.69, 9.17) is 9.63 Å². The summed E-state index contributed by atoms with van der Waals surface area (Å²) in [6, 6.07) is 4.48. The summed E-state index contributed by atoms with van der Waals surface area (Å²) in [5.41, 5.74) is -0.219. The van der Waals surface area contributed by atoms with Crippen molar-refractivity contribution in [2.75, 3.05) is 7.05 Å². The molecule has 0 unspecified atom stereocenters. The second-order valence-corrected chi connectivity index (χ2v) is 6.29. The van der Waals surface area contributed by atoms with Crippen LogP contribution >= 0.6 is 0 Å². The second kappa shape index (κ2) is 7.00. The molecule has 0 aliphatic carbocycles. The summed E-state index contributed by atoms with van der Waals surface area (Å²) in [4.78, 5) is 28.7. The van der Waals surface area contributed by atoms with E-state index < -0.39 is 11.5 Å². The molecule has 1 aromatic carbocycles. The lowest BCUT2D eigenvalue weighted by molar-refractivity contribution is -0.155. The summed E-state index contributed by atoms with van der Waals surface area (Å²) >= 11 is 0. The Morgan fingerprint density at radius 3 is 2.64 bits per heavy atom. The molecule has 0 aliphatic heterocycles. The van der Waals surface area contributed by atoms with Crippen LogP contribution in [-0.2, 0) is 16.0 Å². The lowest BCUT2D eigenvalue weighted by Gasteiger charge is -2.31. The van der Waals surface area contributed by atoms with Gasteiger partial charge in [-0.15, -0.1) is 0 Å². The summed E-state index contributed by atoms with van der Waals surface area (Å²) in [6.45, 7) is 4.54. The molecule has 0 atom stereocenters. The van der Waals surface area contributed by atoms with Crippen LogP contribution in [0.15, 0.2) is 22.7 Å². The van der Waals surface area contributed by atoms with Crippen molar-refractivity contribution in [3.63, 3.8) is 0 Å². The Kier molecular flexibility index (Phi) is 5.20. The molecule has 0 bridgehead atoms. The van der Waals surface area contributed by atoms with E-state index >= 15 is 0 Å². The lowest BCUT2D eigenvalue weighted by Crippen LogP contribution is -2.50. The maximum Gasteiger partial charge on any atom is 0.329 e. The Morgan fingerprint density at radius 1 is 1.36 bits per heavy atom. The van der Waals surface area contributed by atoms with E-state index in [0.29, 0.717) is 17.0 Å². The number of halogens is 1. The van der Waals surface area contributed by atoms with Crippen molar-refractivity contribution in [2.24, 2.45) is 0 Å². The minimum absolute atomic E-state index is 0.0390. The number of rotatable bonds is 6. The van der Waals surface area contributed by atoms with Gasteiger partial charge in [-0.3, -0.25) is 4.79 Å². The molecule has 2 rings (SSSR count). The monoisotopic (exact) mass is 349 g/mol. The van der Waals surface area contributed by atoms with E-state index in [1.165, 1.54) is 31.9 Å². The van der Waals surface area contributed by atoms with Gasteiger partial charge >= 0.3 is 5.97 Å². The number of aromatic nitrogens is 2. The Balaban J connectivity index is 2.03. The Bertz CT molecular complexity index is 801. The normalized spacial score (nSPS) is 11.4. The van der Waals surface area contributed by atoms with Gasteiger partial charge in [0.1, 0.15) is 11.4 Å². The number of carbonyl (C=O) groups excluding carboxylic acids is 1. The molecular formula is C17H20FN3O4. The van der Waals surface area contributed by atoms with Crippen LogP contribution < -0.4 is 0 Å². The van der Waals surface area contributed by atoms with Gasteiger partial charge in [-0.2, -0.15) is 4.98 Å². The van der Waals surface area contributed by atoms with Crippen LogP contribution in [0, 0.1) is 12.7 Å². The van der Waals surface area contributed by atoms with E-state index in [1.807, 2.05) is 0 Å². The summed E-state index contributed by atoms with van der Waals surface area (Å²) < 4.78 is 18.4. The van der Waals surface area contributed by atoms with Gasteiger partial charge in [-0.05, 0) is 44.5 Å². The number of carbonyl (C=O) groups is 2. The molecule has 134 valence electrons. The number of amides is 1. The Hall–Kier alpha value is -2.77. The maximum atomic E-state index is 13.3. The first kappa shape index (κ1) is 18.6. The van der Waals surface area contributed by atoms with Crippen molar-refractivity contribution < 1.29 is 23.6 Å². The number of carboxylic acids is 1. The summed E-state index contributed by atoms with van der Waals surface area (Å²) in [6.07, 6.45) is 0.226. The van der Waals surface area contributed by atoms with Crippen LogP contribution in [0.2, 0.25) is 0 Å². The molecule has 25 heavy (non-hydrogen) atoms. The van der Waals surface area contributed by atoms with Gasteiger partial charge in [0.2, 0.25) is 17.6 Å². The number of aliphatic carboxylic acids is 1. The molecule has 0 saturated carbocycles. The predicted octanol–water partition coefficient (Wildman–Crippen LogP) is 2.44. The van der Waals surface area contributed by atoms with Crippen molar-refractivity contribution in [1.29, 1.82) is 0 Å². The minimum Gasteiger partial charge on any atom is -0.480 e. The zero-order valence-electron chi connectivity index (χ0n) is 14.5. The molecule has 1 heterocycles. The number of carboxylic acid groups (broad SMARTS) is 1. The Labute approximate surface area is 144 Å². The van der Waals surface area contributed by atoms with Crippen molar-refractivity contribution in [3.8, 4) is 11.4 Å². The van der Waals surface area contributed by atoms with E-state index in [0.717, 1.165) is 0 Å². The number of nitrogens with zero attached hydrogens (tertiary/aromatic N) is 3. The molecule has 1 N–H and O–H groups in total. The fraction of sp³-hybridized carbons (Fsp3) is 0.412. The first-order valence-corrected chi connectivity index (χ1v) is 7.72. The minimum atomic E-state index is -1.30. The fourth-order valence-electron chi connectivity index (χ4n) is 2.09. The number of hydrogen-bond acceptors (Lipinski definition) is 5.